The highest BCUT2D eigenvalue weighted by Gasteiger charge is 2.07. The van der Waals surface area contributed by atoms with Gasteiger partial charge in [0.1, 0.15) is 0 Å². The smallest absolute Gasteiger partial charge is 0.0480 e. The number of benzene rings is 1. The van der Waals surface area contributed by atoms with Crippen LogP contribution in [0.15, 0.2) is 24.3 Å². The van der Waals surface area contributed by atoms with E-state index in [1.165, 1.54) is 11.1 Å². The van der Waals surface area contributed by atoms with Gasteiger partial charge in [0.25, 0.3) is 0 Å². The summed E-state index contributed by atoms with van der Waals surface area (Å²) < 4.78 is 5.08. The molecule has 2 heteroatoms. The van der Waals surface area contributed by atoms with Gasteiger partial charge < -0.3 is 10.1 Å². The Balaban J connectivity index is 2.64. The Hall–Kier alpha value is -0.860. The summed E-state index contributed by atoms with van der Waals surface area (Å²) in [5.74, 6) is 0. The monoisotopic (exact) mass is 193 g/mol. The van der Waals surface area contributed by atoms with Gasteiger partial charge >= 0.3 is 0 Å². The first-order valence-electron chi connectivity index (χ1n) is 5.00. The molecule has 1 unspecified atom stereocenters. The van der Waals surface area contributed by atoms with Gasteiger partial charge in [-0.1, -0.05) is 29.8 Å². The van der Waals surface area contributed by atoms with Gasteiger partial charge in [-0.3, -0.25) is 0 Å². The van der Waals surface area contributed by atoms with Gasteiger partial charge in [0, 0.05) is 19.8 Å². The van der Waals surface area contributed by atoms with Crippen molar-refractivity contribution in [1.82, 2.24) is 5.32 Å². The minimum Gasteiger partial charge on any atom is -0.385 e. The average Bonchev–Trinajstić information content (AvgIpc) is 2.21. The topological polar surface area (TPSA) is 21.3 Å². The highest BCUT2D eigenvalue weighted by molar-refractivity contribution is 5.23. The molecular formula is C12H19NO. The van der Waals surface area contributed by atoms with Gasteiger partial charge in [0.2, 0.25) is 0 Å². The second-order valence-corrected chi connectivity index (χ2v) is 3.53. The van der Waals surface area contributed by atoms with Gasteiger partial charge in [0.15, 0.2) is 0 Å². The first-order valence-corrected chi connectivity index (χ1v) is 5.00. The molecule has 0 aliphatic heterocycles. The maximum absolute atomic E-state index is 5.08. The van der Waals surface area contributed by atoms with E-state index < -0.39 is 0 Å². The molecule has 0 amide bonds. The van der Waals surface area contributed by atoms with Crippen molar-refractivity contribution in [1.29, 1.82) is 0 Å². The van der Waals surface area contributed by atoms with E-state index in [1.54, 1.807) is 7.11 Å². The maximum atomic E-state index is 5.08. The standard InChI is InChI=1S/C12H19NO/c1-10-4-6-11(7-5-10)12(13-2)8-9-14-3/h4-7,12-13H,8-9H2,1-3H3. The van der Waals surface area contributed by atoms with E-state index in [-0.39, 0.29) is 0 Å². The number of methoxy groups -OCH3 is 1. The minimum atomic E-state index is 0.399. The molecule has 0 heterocycles. The molecule has 0 saturated carbocycles. The first kappa shape index (κ1) is 11.2. The summed E-state index contributed by atoms with van der Waals surface area (Å²) in [6.07, 6.45) is 1.01. The lowest BCUT2D eigenvalue weighted by Gasteiger charge is -2.16. The molecule has 78 valence electrons. The third-order valence-electron chi connectivity index (χ3n) is 2.44. The van der Waals surface area contributed by atoms with E-state index >= 15 is 0 Å². The Morgan fingerprint density at radius 1 is 1.29 bits per heavy atom. The van der Waals surface area contributed by atoms with Gasteiger partial charge in [-0.15, -0.1) is 0 Å². The van der Waals surface area contributed by atoms with Crippen molar-refractivity contribution >= 4 is 0 Å². The third-order valence-corrected chi connectivity index (χ3v) is 2.44. The number of rotatable bonds is 5. The minimum absolute atomic E-state index is 0.399. The fraction of sp³-hybridized carbons (Fsp3) is 0.500. The van der Waals surface area contributed by atoms with Gasteiger partial charge in [-0.2, -0.15) is 0 Å². The van der Waals surface area contributed by atoms with Crippen molar-refractivity contribution in [3.8, 4) is 0 Å². The number of hydrogen-bond donors (Lipinski definition) is 1. The van der Waals surface area contributed by atoms with E-state index in [0.29, 0.717) is 6.04 Å². The van der Waals surface area contributed by atoms with Crippen LogP contribution in [0, 0.1) is 6.92 Å². The zero-order valence-electron chi connectivity index (χ0n) is 9.21. The maximum Gasteiger partial charge on any atom is 0.0480 e. The van der Waals surface area contributed by atoms with Crippen molar-refractivity contribution < 1.29 is 4.74 Å². The quantitative estimate of drug-likeness (QED) is 0.774. The summed E-state index contributed by atoms with van der Waals surface area (Å²) in [5.41, 5.74) is 2.63. The van der Waals surface area contributed by atoms with Crippen LogP contribution < -0.4 is 5.32 Å². The lowest BCUT2D eigenvalue weighted by Crippen LogP contribution is -2.17. The van der Waals surface area contributed by atoms with Gasteiger partial charge in [-0.05, 0) is 26.0 Å². The predicted octanol–water partition coefficient (Wildman–Crippen LogP) is 2.29. The normalized spacial score (nSPS) is 12.8. The van der Waals surface area contributed by atoms with Crippen molar-refractivity contribution in [3.63, 3.8) is 0 Å². The summed E-state index contributed by atoms with van der Waals surface area (Å²) in [6.45, 7) is 2.90. The molecule has 0 fully saturated rings. The summed E-state index contributed by atoms with van der Waals surface area (Å²) in [4.78, 5) is 0. The van der Waals surface area contributed by atoms with Crippen molar-refractivity contribution in [3.05, 3.63) is 35.4 Å². The predicted molar refractivity (Wildman–Crippen MR) is 59.5 cm³/mol. The lowest BCUT2D eigenvalue weighted by atomic mass is 10.0. The lowest BCUT2D eigenvalue weighted by molar-refractivity contribution is 0.184. The molecule has 0 spiro atoms. The van der Waals surface area contributed by atoms with E-state index in [9.17, 15) is 0 Å². The molecule has 0 bridgehead atoms. The summed E-state index contributed by atoms with van der Waals surface area (Å²) in [6, 6.07) is 9.03. The SMILES string of the molecule is CNC(CCOC)c1ccc(C)cc1. The van der Waals surface area contributed by atoms with Crippen LogP contribution in [0.3, 0.4) is 0 Å². The van der Waals surface area contributed by atoms with E-state index in [2.05, 4.69) is 36.5 Å². The molecule has 0 radical (unpaired) electrons. The molecule has 0 aliphatic rings. The van der Waals surface area contributed by atoms with E-state index in [0.717, 1.165) is 13.0 Å². The number of ether oxygens (including phenoxy) is 1. The molecule has 1 aromatic rings. The van der Waals surface area contributed by atoms with Crippen LogP contribution in [0.1, 0.15) is 23.6 Å². The Morgan fingerprint density at radius 3 is 2.43 bits per heavy atom. The zero-order chi connectivity index (χ0) is 10.4. The van der Waals surface area contributed by atoms with Gasteiger partial charge in [-0.25, -0.2) is 0 Å². The molecule has 1 N–H and O–H groups in total. The molecule has 1 aromatic carbocycles. The third kappa shape index (κ3) is 3.13. The molecule has 0 aromatic heterocycles. The van der Waals surface area contributed by atoms with Gasteiger partial charge in [0.05, 0.1) is 0 Å². The molecular weight excluding hydrogens is 174 g/mol. The number of aryl methyl sites for hydroxylation is 1. The Labute approximate surface area is 86.3 Å². The molecule has 14 heavy (non-hydrogen) atoms. The van der Waals surface area contributed by atoms with Crippen molar-refractivity contribution in [2.24, 2.45) is 0 Å². The molecule has 0 saturated heterocycles. The highest BCUT2D eigenvalue weighted by atomic mass is 16.5. The summed E-state index contributed by atoms with van der Waals surface area (Å²) in [5, 5.41) is 3.29. The summed E-state index contributed by atoms with van der Waals surface area (Å²) in [7, 11) is 3.72. The molecule has 1 atom stereocenters. The van der Waals surface area contributed by atoms with Crippen LogP contribution in [-0.4, -0.2) is 20.8 Å². The van der Waals surface area contributed by atoms with E-state index in [1.807, 2.05) is 7.05 Å². The molecule has 1 rings (SSSR count). The number of nitrogens with one attached hydrogen (secondary N) is 1. The Bertz CT molecular complexity index is 256. The van der Waals surface area contributed by atoms with Crippen molar-refractivity contribution in [2.75, 3.05) is 20.8 Å². The van der Waals surface area contributed by atoms with E-state index in [4.69, 9.17) is 4.74 Å². The summed E-state index contributed by atoms with van der Waals surface area (Å²) >= 11 is 0. The number of hydrogen-bond acceptors (Lipinski definition) is 2. The highest BCUT2D eigenvalue weighted by Crippen LogP contribution is 2.16. The van der Waals surface area contributed by atoms with Crippen molar-refractivity contribution in [2.45, 2.75) is 19.4 Å². The fourth-order valence-corrected chi connectivity index (χ4v) is 1.51. The van der Waals surface area contributed by atoms with Crippen LogP contribution in [0.4, 0.5) is 0 Å². The fourth-order valence-electron chi connectivity index (χ4n) is 1.51. The second kappa shape index (κ2) is 5.78. The Morgan fingerprint density at radius 2 is 1.93 bits per heavy atom. The Kier molecular flexibility index (Phi) is 4.63. The van der Waals surface area contributed by atoms with Crippen LogP contribution in [0.2, 0.25) is 0 Å². The second-order valence-electron chi connectivity index (χ2n) is 3.53. The van der Waals surface area contributed by atoms with Crippen LogP contribution in [0.5, 0.6) is 0 Å². The largest absolute Gasteiger partial charge is 0.385 e. The first-order chi connectivity index (χ1) is 6.77. The zero-order valence-corrected chi connectivity index (χ0v) is 9.21. The van der Waals surface area contributed by atoms with Crippen LogP contribution >= 0.6 is 0 Å². The van der Waals surface area contributed by atoms with Crippen LogP contribution in [0.25, 0.3) is 0 Å². The molecule has 2 nitrogen and oxygen atoms in total. The average molecular weight is 193 g/mol. The van der Waals surface area contributed by atoms with Crippen LogP contribution in [-0.2, 0) is 4.74 Å². The molecule has 0 aliphatic carbocycles.